The SMILES string of the molecule is Cc1ccc(OCc2c(CN)sc3ccccc23)c(Br)c1. The minimum atomic E-state index is 0.540. The van der Waals surface area contributed by atoms with Gasteiger partial charge in [0.2, 0.25) is 0 Å². The van der Waals surface area contributed by atoms with E-state index < -0.39 is 0 Å². The first kappa shape index (κ1) is 14.6. The van der Waals surface area contributed by atoms with E-state index in [2.05, 4.69) is 59.3 Å². The largest absolute Gasteiger partial charge is 0.488 e. The molecule has 0 radical (unpaired) electrons. The van der Waals surface area contributed by atoms with Gasteiger partial charge in [0.25, 0.3) is 0 Å². The van der Waals surface area contributed by atoms with E-state index in [9.17, 15) is 0 Å². The molecule has 0 fully saturated rings. The summed E-state index contributed by atoms with van der Waals surface area (Å²) in [4.78, 5) is 1.19. The Morgan fingerprint density at radius 3 is 2.76 bits per heavy atom. The minimum Gasteiger partial charge on any atom is -0.488 e. The minimum absolute atomic E-state index is 0.540. The van der Waals surface area contributed by atoms with Crippen molar-refractivity contribution in [1.29, 1.82) is 0 Å². The molecule has 1 heterocycles. The average Bonchev–Trinajstić information content (AvgIpc) is 2.84. The molecule has 1 aromatic heterocycles. The highest BCUT2D eigenvalue weighted by Gasteiger charge is 2.12. The topological polar surface area (TPSA) is 35.2 Å². The fraction of sp³-hybridized carbons (Fsp3) is 0.176. The van der Waals surface area contributed by atoms with E-state index in [4.69, 9.17) is 10.5 Å². The Bertz CT molecular complexity index is 782. The lowest BCUT2D eigenvalue weighted by Crippen LogP contribution is -2.02. The molecule has 3 rings (SSSR count). The molecule has 0 unspecified atom stereocenters. The zero-order chi connectivity index (χ0) is 14.8. The zero-order valence-corrected chi connectivity index (χ0v) is 14.1. The van der Waals surface area contributed by atoms with Gasteiger partial charge in [-0.25, -0.2) is 0 Å². The van der Waals surface area contributed by atoms with Crippen LogP contribution in [0, 0.1) is 6.92 Å². The Morgan fingerprint density at radius 2 is 2.00 bits per heavy atom. The average molecular weight is 362 g/mol. The Balaban J connectivity index is 1.91. The molecule has 0 aliphatic heterocycles. The van der Waals surface area contributed by atoms with E-state index in [0.29, 0.717) is 13.2 Å². The standard InChI is InChI=1S/C17H16BrNOS/c1-11-6-7-15(14(18)8-11)20-10-13-12-4-2-3-5-16(12)21-17(13)9-19/h2-8H,9-10,19H2,1H3. The van der Waals surface area contributed by atoms with Crippen molar-refractivity contribution in [2.24, 2.45) is 5.73 Å². The first-order valence-corrected chi connectivity index (χ1v) is 8.38. The van der Waals surface area contributed by atoms with E-state index >= 15 is 0 Å². The quantitative estimate of drug-likeness (QED) is 0.708. The van der Waals surface area contributed by atoms with Crippen LogP contribution in [-0.2, 0) is 13.2 Å². The Labute approximate surface area is 136 Å². The molecule has 0 saturated heterocycles. The summed E-state index contributed by atoms with van der Waals surface area (Å²) in [5.74, 6) is 0.860. The summed E-state index contributed by atoms with van der Waals surface area (Å²) in [5, 5.41) is 1.24. The number of ether oxygens (including phenoxy) is 1. The van der Waals surface area contributed by atoms with Crippen LogP contribution in [-0.4, -0.2) is 0 Å². The normalized spacial score (nSPS) is 11.0. The highest BCUT2D eigenvalue weighted by Crippen LogP contribution is 2.33. The van der Waals surface area contributed by atoms with Crippen LogP contribution >= 0.6 is 27.3 Å². The van der Waals surface area contributed by atoms with Crippen LogP contribution in [0.15, 0.2) is 46.9 Å². The van der Waals surface area contributed by atoms with Crippen LogP contribution in [0.25, 0.3) is 10.1 Å². The van der Waals surface area contributed by atoms with Crippen molar-refractivity contribution in [2.75, 3.05) is 0 Å². The van der Waals surface area contributed by atoms with Crippen LogP contribution in [0.1, 0.15) is 16.0 Å². The van der Waals surface area contributed by atoms with Crippen LogP contribution in [0.5, 0.6) is 5.75 Å². The molecule has 4 heteroatoms. The maximum atomic E-state index is 5.99. The zero-order valence-electron chi connectivity index (χ0n) is 11.7. The maximum Gasteiger partial charge on any atom is 0.134 e. The van der Waals surface area contributed by atoms with Gasteiger partial charge in [-0.1, -0.05) is 24.3 Å². The van der Waals surface area contributed by atoms with Crippen molar-refractivity contribution >= 4 is 37.4 Å². The monoisotopic (exact) mass is 361 g/mol. The van der Waals surface area contributed by atoms with Gasteiger partial charge in [-0.2, -0.15) is 0 Å². The number of nitrogens with two attached hydrogens (primary N) is 1. The highest BCUT2D eigenvalue weighted by atomic mass is 79.9. The van der Waals surface area contributed by atoms with Gasteiger partial charge >= 0.3 is 0 Å². The molecule has 0 bridgehead atoms. The predicted octanol–water partition coefficient (Wildman–Crippen LogP) is 5.01. The Hall–Kier alpha value is -1.36. The molecule has 0 saturated carbocycles. The molecular weight excluding hydrogens is 346 g/mol. The highest BCUT2D eigenvalue weighted by molar-refractivity contribution is 9.10. The third-order valence-electron chi connectivity index (χ3n) is 3.43. The second-order valence-corrected chi connectivity index (χ2v) is 6.92. The van der Waals surface area contributed by atoms with E-state index in [1.807, 2.05) is 6.07 Å². The van der Waals surface area contributed by atoms with Crippen LogP contribution in [0.3, 0.4) is 0 Å². The van der Waals surface area contributed by atoms with Gasteiger partial charge in [0.05, 0.1) is 4.47 Å². The molecule has 0 aliphatic rings. The number of halogens is 1. The van der Waals surface area contributed by atoms with Crippen molar-refractivity contribution in [1.82, 2.24) is 0 Å². The first-order chi connectivity index (χ1) is 10.2. The predicted molar refractivity (Wildman–Crippen MR) is 92.9 cm³/mol. The Morgan fingerprint density at radius 1 is 1.19 bits per heavy atom. The van der Waals surface area contributed by atoms with Crippen LogP contribution in [0.4, 0.5) is 0 Å². The molecule has 108 valence electrons. The fourth-order valence-electron chi connectivity index (χ4n) is 2.35. The van der Waals surface area contributed by atoms with E-state index in [0.717, 1.165) is 10.2 Å². The second-order valence-electron chi connectivity index (χ2n) is 4.93. The second kappa shape index (κ2) is 6.18. The van der Waals surface area contributed by atoms with Gasteiger partial charge < -0.3 is 10.5 Å². The molecule has 2 N–H and O–H groups in total. The van der Waals surface area contributed by atoms with Gasteiger partial charge in [-0.3, -0.25) is 0 Å². The van der Waals surface area contributed by atoms with Crippen LogP contribution in [0.2, 0.25) is 0 Å². The summed E-state index contributed by atoms with van der Waals surface area (Å²) in [5.41, 5.74) is 8.28. The number of hydrogen-bond acceptors (Lipinski definition) is 3. The Kier molecular flexibility index (Phi) is 4.29. The lowest BCUT2D eigenvalue weighted by Gasteiger charge is -2.09. The molecule has 0 spiro atoms. The van der Waals surface area contributed by atoms with Gasteiger partial charge in [-0.05, 0) is 52.0 Å². The third kappa shape index (κ3) is 2.98. The summed E-state index contributed by atoms with van der Waals surface area (Å²) in [7, 11) is 0. The molecule has 2 nitrogen and oxygen atoms in total. The molecule has 0 amide bonds. The van der Waals surface area contributed by atoms with Gasteiger partial charge in [0.15, 0.2) is 0 Å². The maximum absolute atomic E-state index is 5.99. The first-order valence-electron chi connectivity index (χ1n) is 6.77. The van der Waals surface area contributed by atoms with E-state index in [1.54, 1.807) is 11.3 Å². The third-order valence-corrected chi connectivity index (χ3v) is 5.28. The number of thiophene rings is 1. The molecular formula is C17H16BrNOS. The lowest BCUT2D eigenvalue weighted by molar-refractivity contribution is 0.305. The number of aryl methyl sites for hydroxylation is 1. The lowest BCUT2D eigenvalue weighted by atomic mass is 10.1. The molecule has 2 aromatic carbocycles. The van der Waals surface area contributed by atoms with Crippen molar-refractivity contribution in [3.05, 3.63) is 62.9 Å². The summed E-state index contributed by atoms with van der Waals surface area (Å²) < 4.78 is 8.24. The number of benzene rings is 2. The van der Waals surface area contributed by atoms with Gasteiger partial charge in [0, 0.05) is 21.7 Å². The summed E-state index contributed by atoms with van der Waals surface area (Å²) >= 11 is 5.30. The summed E-state index contributed by atoms with van der Waals surface area (Å²) in [6, 6.07) is 14.5. The molecule has 21 heavy (non-hydrogen) atoms. The van der Waals surface area contributed by atoms with Gasteiger partial charge in [-0.15, -0.1) is 11.3 Å². The van der Waals surface area contributed by atoms with Crippen molar-refractivity contribution in [3.63, 3.8) is 0 Å². The molecule has 3 aromatic rings. The number of fused-ring (bicyclic) bond motifs is 1. The molecule has 0 atom stereocenters. The number of hydrogen-bond donors (Lipinski definition) is 1. The van der Waals surface area contributed by atoms with Gasteiger partial charge in [0.1, 0.15) is 12.4 Å². The van der Waals surface area contributed by atoms with Crippen molar-refractivity contribution < 1.29 is 4.74 Å². The summed E-state index contributed by atoms with van der Waals surface area (Å²) in [6.45, 7) is 3.15. The molecule has 0 aliphatic carbocycles. The van der Waals surface area contributed by atoms with Crippen molar-refractivity contribution in [3.8, 4) is 5.75 Å². The summed E-state index contributed by atoms with van der Waals surface area (Å²) in [6.07, 6.45) is 0. The van der Waals surface area contributed by atoms with Crippen molar-refractivity contribution in [2.45, 2.75) is 20.1 Å². The van der Waals surface area contributed by atoms with E-state index in [1.165, 1.54) is 26.1 Å². The van der Waals surface area contributed by atoms with Crippen LogP contribution < -0.4 is 10.5 Å². The van der Waals surface area contributed by atoms with E-state index in [-0.39, 0.29) is 0 Å². The smallest absolute Gasteiger partial charge is 0.134 e. The number of rotatable bonds is 4. The fourth-order valence-corrected chi connectivity index (χ4v) is 4.04.